The standard InChI is InChI=1S/C70H118F4N10O20/c1-48(2)61(80-54(86)19-15-16-20-55(87)100-62-59(73)49(71)44-50(72)60(62)74)64(92)79-51(18-17-23-78-66(75)94)63(91)77-25-35-96-37-39-98-41-43-99-42-40-97-38-36-95-34-24-76-53(85)22-21-52(65(93)104-70(12,13)14)84-32-30-82(46-57(89)102-68(6,7)8)28-26-81(45-56(88)101-67(3,4)5)27-29-83(31-33-84)47-58(90)103-69(9,10)11/h44,48,51-52,61H,15-43,45-47H2,1-14H3,(H,76,85)(H,77,91)(H,79,92)(H,80,86)(H3,75,78,94)/t51-,52?,61-/m1/s1. The van der Waals surface area contributed by atoms with E-state index in [2.05, 4.69) is 31.3 Å². The molecule has 1 saturated heterocycles. The van der Waals surface area contributed by atoms with E-state index in [0.29, 0.717) is 39.3 Å². The lowest BCUT2D eigenvalue weighted by atomic mass is 10.0. The first-order valence-corrected chi connectivity index (χ1v) is 35.5. The summed E-state index contributed by atoms with van der Waals surface area (Å²) in [4.78, 5) is 138. The number of urea groups is 1. The third-order valence-electron chi connectivity index (χ3n) is 14.7. The minimum Gasteiger partial charge on any atom is -0.459 e. The quantitative estimate of drug-likeness (QED) is 0.0135. The third-order valence-corrected chi connectivity index (χ3v) is 14.7. The van der Waals surface area contributed by atoms with Crippen LogP contribution in [0, 0.1) is 29.2 Å². The van der Waals surface area contributed by atoms with Crippen molar-refractivity contribution in [1.29, 1.82) is 0 Å². The van der Waals surface area contributed by atoms with Gasteiger partial charge < -0.3 is 79.7 Å². The van der Waals surface area contributed by atoms with Crippen LogP contribution in [0.2, 0.25) is 0 Å². The Balaban J connectivity index is 1.82. The number of hydrogen-bond acceptors (Lipinski definition) is 24. The summed E-state index contributed by atoms with van der Waals surface area (Å²) in [5, 5.41) is 13.2. The van der Waals surface area contributed by atoms with Gasteiger partial charge in [-0.25, -0.2) is 13.6 Å². The van der Waals surface area contributed by atoms with Gasteiger partial charge >= 0.3 is 35.9 Å². The molecule has 1 aromatic rings. The first-order valence-electron chi connectivity index (χ1n) is 35.5. The van der Waals surface area contributed by atoms with E-state index in [0.717, 1.165) is 0 Å². The summed E-state index contributed by atoms with van der Waals surface area (Å²) in [5.74, 6) is -14.4. The number of amides is 6. The van der Waals surface area contributed by atoms with Crippen LogP contribution in [0.3, 0.4) is 0 Å². The van der Waals surface area contributed by atoms with Gasteiger partial charge in [0.2, 0.25) is 41.0 Å². The van der Waals surface area contributed by atoms with Crippen LogP contribution < -0.4 is 37.1 Å². The number of ether oxygens (including phenoxy) is 10. The maximum absolute atomic E-state index is 14.2. The first-order chi connectivity index (χ1) is 48.6. The summed E-state index contributed by atoms with van der Waals surface area (Å²) in [5.41, 5.74) is 2.10. The number of carbonyl (C=O) groups excluding carboxylic acids is 10. The van der Waals surface area contributed by atoms with Gasteiger partial charge in [0, 0.05) is 97.3 Å². The SMILES string of the molecule is CC(C)[C@@H](NC(=O)CCCCC(=O)Oc1c(F)c(F)cc(F)c1F)C(=O)N[C@H](CCCNC(N)=O)C(=O)NCCOCCOCCOCCOCCOCCNC(=O)CCC(C(=O)OC(C)(C)C)N1CCN(CC(=O)OC(C)(C)C)CCN(CC(=O)OC(C)(C)C)CCN(CC(=O)OC(C)(C)C)CC1. The number of nitrogens with zero attached hydrogens (tertiary/aromatic N) is 4. The Kier molecular flexibility index (Phi) is 43.3. The second kappa shape index (κ2) is 48.3. The maximum Gasteiger partial charge on any atom is 0.323 e. The van der Waals surface area contributed by atoms with Crippen molar-refractivity contribution in [3.05, 3.63) is 29.3 Å². The highest BCUT2D eigenvalue weighted by molar-refractivity contribution is 5.92. The van der Waals surface area contributed by atoms with Crippen LogP contribution in [0.15, 0.2) is 6.07 Å². The molecule has 0 saturated carbocycles. The molecule has 6 amide bonds. The molecule has 1 unspecified atom stereocenters. The summed E-state index contributed by atoms with van der Waals surface area (Å²) in [6.45, 7) is 29.7. The largest absolute Gasteiger partial charge is 0.459 e. The van der Waals surface area contributed by atoms with Crippen LogP contribution >= 0.6 is 0 Å². The van der Waals surface area contributed by atoms with Gasteiger partial charge in [-0.2, -0.15) is 8.78 Å². The number of hydrogen-bond donors (Lipinski definition) is 6. The van der Waals surface area contributed by atoms with Gasteiger partial charge in [0.25, 0.3) is 0 Å². The highest BCUT2D eigenvalue weighted by Crippen LogP contribution is 2.27. The normalized spacial score (nSPS) is 15.1. The molecule has 1 fully saturated rings. The van der Waals surface area contributed by atoms with E-state index in [1.165, 1.54) is 0 Å². The van der Waals surface area contributed by atoms with E-state index >= 15 is 0 Å². The fourth-order valence-corrected chi connectivity index (χ4v) is 9.99. The Hall–Kier alpha value is -6.92. The van der Waals surface area contributed by atoms with Crippen molar-refractivity contribution in [2.24, 2.45) is 11.7 Å². The first kappa shape index (κ1) is 93.2. The molecule has 0 radical (unpaired) electrons. The molecule has 34 heteroatoms. The second-order valence-electron chi connectivity index (χ2n) is 29.2. The Morgan fingerprint density at radius 2 is 0.856 bits per heavy atom. The van der Waals surface area contributed by atoms with Crippen LogP contribution in [0.1, 0.15) is 148 Å². The van der Waals surface area contributed by atoms with Crippen LogP contribution in [0.25, 0.3) is 0 Å². The van der Waals surface area contributed by atoms with Crippen LogP contribution in [-0.2, 0) is 85.8 Å². The lowest BCUT2D eigenvalue weighted by molar-refractivity contribution is -0.163. The summed E-state index contributed by atoms with van der Waals surface area (Å²) >= 11 is 0. The smallest absolute Gasteiger partial charge is 0.323 e. The van der Waals surface area contributed by atoms with Crippen molar-refractivity contribution < 1.29 is 113 Å². The van der Waals surface area contributed by atoms with E-state index in [4.69, 9.17) is 48.4 Å². The molecule has 1 aliphatic rings. The van der Waals surface area contributed by atoms with E-state index in [1.807, 2.05) is 19.6 Å². The van der Waals surface area contributed by atoms with E-state index in [1.54, 1.807) is 96.9 Å². The average Bonchev–Trinajstić information content (AvgIpc) is 0.818. The molecule has 0 bridgehead atoms. The fraction of sp³-hybridized carbons (Fsp3) is 0.771. The van der Waals surface area contributed by atoms with E-state index in [-0.39, 0.29) is 175 Å². The van der Waals surface area contributed by atoms with Gasteiger partial charge in [-0.05, 0) is 121 Å². The molecule has 3 atom stereocenters. The van der Waals surface area contributed by atoms with Crippen molar-refractivity contribution in [2.75, 3.05) is 158 Å². The Morgan fingerprint density at radius 3 is 1.27 bits per heavy atom. The molecule has 0 aliphatic carbocycles. The fourth-order valence-electron chi connectivity index (χ4n) is 9.99. The number of benzene rings is 1. The van der Waals surface area contributed by atoms with Crippen molar-refractivity contribution in [2.45, 2.75) is 189 Å². The van der Waals surface area contributed by atoms with Crippen LogP contribution in [0.5, 0.6) is 5.75 Å². The minimum absolute atomic E-state index is 0.0251. The van der Waals surface area contributed by atoms with Crippen molar-refractivity contribution >= 4 is 59.5 Å². The predicted molar refractivity (Wildman–Crippen MR) is 373 cm³/mol. The molecule has 1 aliphatic heterocycles. The molecule has 7 N–H and O–H groups in total. The summed E-state index contributed by atoms with van der Waals surface area (Å²) in [6.07, 6.45) is -0.252. The summed E-state index contributed by atoms with van der Waals surface area (Å²) in [7, 11) is 0. The Bertz CT molecular complexity index is 2770. The molecule has 596 valence electrons. The summed E-state index contributed by atoms with van der Waals surface area (Å²) < 4.78 is 110. The topological polar surface area (TPSA) is 362 Å². The number of nitrogens with two attached hydrogens (primary N) is 1. The van der Waals surface area contributed by atoms with Crippen LogP contribution in [-0.4, -0.2) is 277 Å². The van der Waals surface area contributed by atoms with Gasteiger partial charge in [0.15, 0.2) is 11.6 Å². The highest BCUT2D eigenvalue weighted by atomic mass is 19.2. The zero-order valence-corrected chi connectivity index (χ0v) is 63.6. The molecule has 30 nitrogen and oxygen atoms in total. The average molecular weight is 1500 g/mol. The van der Waals surface area contributed by atoms with Gasteiger partial charge in [-0.15, -0.1) is 0 Å². The molecule has 0 aromatic heterocycles. The molecule has 1 heterocycles. The molecule has 2 rings (SSSR count). The van der Waals surface area contributed by atoms with Gasteiger partial charge in [0.05, 0.1) is 85.7 Å². The number of rotatable bonds is 44. The lowest BCUT2D eigenvalue weighted by Gasteiger charge is -2.37. The second-order valence-corrected chi connectivity index (χ2v) is 29.2. The highest BCUT2D eigenvalue weighted by Gasteiger charge is 2.35. The molecular formula is C70H118F4N10O20. The number of primary amides is 1. The van der Waals surface area contributed by atoms with Gasteiger partial charge in [-0.3, -0.25) is 62.8 Å². The molecule has 1 aromatic carbocycles. The number of esters is 5. The Labute approximate surface area is 609 Å². The Morgan fingerprint density at radius 1 is 0.452 bits per heavy atom. The molecule has 0 spiro atoms. The predicted octanol–water partition coefficient (Wildman–Crippen LogP) is 3.84. The van der Waals surface area contributed by atoms with Crippen LogP contribution in [0.4, 0.5) is 22.4 Å². The van der Waals surface area contributed by atoms with Crippen molar-refractivity contribution in [3.8, 4) is 5.75 Å². The zero-order chi connectivity index (χ0) is 78.2. The zero-order valence-electron chi connectivity index (χ0n) is 63.6. The van der Waals surface area contributed by atoms with Crippen molar-refractivity contribution in [1.82, 2.24) is 46.2 Å². The monoisotopic (exact) mass is 1490 g/mol. The van der Waals surface area contributed by atoms with Gasteiger partial charge in [0.1, 0.15) is 40.5 Å². The molecular weight excluding hydrogens is 1380 g/mol. The summed E-state index contributed by atoms with van der Waals surface area (Å²) in [6, 6.07) is -3.91. The number of nitrogens with one attached hydrogen (secondary N) is 5. The van der Waals surface area contributed by atoms with E-state index in [9.17, 15) is 65.5 Å². The lowest BCUT2D eigenvalue weighted by Crippen LogP contribution is -2.55. The van der Waals surface area contributed by atoms with Gasteiger partial charge in [-0.1, -0.05) is 13.8 Å². The van der Waals surface area contributed by atoms with E-state index < -0.39 is 135 Å². The number of carbonyl (C=O) groups is 10. The number of halogens is 4. The molecule has 104 heavy (non-hydrogen) atoms. The minimum atomic E-state index is -1.88. The third kappa shape index (κ3) is 44.1. The maximum atomic E-state index is 14.2. The van der Waals surface area contributed by atoms with Crippen molar-refractivity contribution in [3.63, 3.8) is 0 Å². The number of unbranched alkanes of at least 4 members (excludes halogenated alkanes) is 1.